The first-order chi connectivity index (χ1) is 10.7. The summed E-state index contributed by atoms with van der Waals surface area (Å²) in [6.45, 7) is 0.103. The molecule has 0 saturated heterocycles. The van der Waals surface area contributed by atoms with E-state index in [1.165, 1.54) is 11.3 Å². The Morgan fingerprint density at radius 3 is 2.32 bits per heavy atom. The molecule has 2 aromatic carbocycles. The first-order valence-electron chi connectivity index (χ1n) is 6.86. The molecule has 0 atom stereocenters. The van der Waals surface area contributed by atoms with Gasteiger partial charge in [0.15, 0.2) is 5.13 Å². The van der Waals surface area contributed by atoms with Gasteiger partial charge in [0.2, 0.25) is 5.91 Å². The Bertz CT molecular complexity index is 756. The van der Waals surface area contributed by atoms with E-state index in [1.807, 2.05) is 70.9 Å². The standard InChI is InChI=1S/C17H15N3OS/c18-16(21)11-20(14-9-5-2-6-10-14)17-19-15(12-22-17)13-7-3-1-4-8-13/h1-10,12H,11H2,(H2,18,21). The Balaban J connectivity index is 1.95. The first-order valence-corrected chi connectivity index (χ1v) is 7.74. The Morgan fingerprint density at radius 2 is 1.68 bits per heavy atom. The van der Waals surface area contributed by atoms with Crippen LogP contribution in [0.2, 0.25) is 0 Å². The molecule has 0 radical (unpaired) electrons. The number of benzene rings is 2. The van der Waals surface area contributed by atoms with Gasteiger partial charge in [-0.25, -0.2) is 4.98 Å². The second-order valence-corrected chi connectivity index (χ2v) is 5.61. The van der Waals surface area contributed by atoms with Gasteiger partial charge in [-0.05, 0) is 12.1 Å². The van der Waals surface area contributed by atoms with Crippen molar-refractivity contribution >= 4 is 28.1 Å². The van der Waals surface area contributed by atoms with Crippen molar-refractivity contribution in [2.24, 2.45) is 5.73 Å². The highest BCUT2D eigenvalue weighted by Gasteiger charge is 2.16. The summed E-state index contributed by atoms with van der Waals surface area (Å²) >= 11 is 1.50. The summed E-state index contributed by atoms with van der Waals surface area (Å²) in [6.07, 6.45) is 0. The fourth-order valence-electron chi connectivity index (χ4n) is 2.16. The highest BCUT2D eigenvalue weighted by atomic mass is 32.1. The number of primary amides is 1. The summed E-state index contributed by atoms with van der Waals surface area (Å²) in [5.74, 6) is -0.389. The fraction of sp³-hybridized carbons (Fsp3) is 0.0588. The minimum atomic E-state index is -0.389. The molecule has 110 valence electrons. The number of rotatable bonds is 5. The predicted octanol–water partition coefficient (Wildman–Crippen LogP) is 3.43. The molecule has 0 fully saturated rings. The van der Waals surface area contributed by atoms with Gasteiger partial charge in [0.05, 0.1) is 5.69 Å². The Kier molecular flexibility index (Phi) is 4.16. The SMILES string of the molecule is NC(=O)CN(c1ccccc1)c1nc(-c2ccccc2)cs1. The number of nitrogens with two attached hydrogens (primary N) is 1. The van der Waals surface area contributed by atoms with Gasteiger partial charge in [-0.2, -0.15) is 0 Å². The lowest BCUT2D eigenvalue weighted by molar-refractivity contribution is -0.116. The van der Waals surface area contributed by atoms with Crippen LogP contribution in [0.15, 0.2) is 66.0 Å². The molecule has 3 rings (SSSR count). The van der Waals surface area contributed by atoms with Crippen LogP contribution in [0.4, 0.5) is 10.8 Å². The van der Waals surface area contributed by atoms with Crippen LogP contribution in [0.1, 0.15) is 0 Å². The predicted molar refractivity (Wildman–Crippen MR) is 90.2 cm³/mol. The number of amides is 1. The second-order valence-electron chi connectivity index (χ2n) is 4.77. The van der Waals surface area contributed by atoms with E-state index in [9.17, 15) is 4.79 Å². The zero-order valence-electron chi connectivity index (χ0n) is 11.8. The number of carbonyl (C=O) groups is 1. The van der Waals surface area contributed by atoms with Crippen LogP contribution < -0.4 is 10.6 Å². The lowest BCUT2D eigenvalue weighted by Gasteiger charge is -2.20. The summed E-state index contributed by atoms with van der Waals surface area (Å²) in [4.78, 5) is 17.9. The van der Waals surface area contributed by atoms with Crippen LogP contribution in [0, 0.1) is 0 Å². The molecule has 0 aliphatic heterocycles. The van der Waals surface area contributed by atoms with E-state index >= 15 is 0 Å². The van der Waals surface area contributed by atoms with Gasteiger partial charge in [0, 0.05) is 16.6 Å². The van der Waals surface area contributed by atoms with E-state index in [0.29, 0.717) is 0 Å². The average molecular weight is 309 g/mol. The normalized spacial score (nSPS) is 10.4. The molecule has 0 unspecified atom stereocenters. The van der Waals surface area contributed by atoms with E-state index in [-0.39, 0.29) is 12.5 Å². The van der Waals surface area contributed by atoms with Crippen LogP contribution in [0.3, 0.4) is 0 Å². The number of aromatic nitrogens is 1. The molecule has 3 aromatic rings. The monoisotopic (exact) mass is 309 g/mol. The number of anilines is 2. The van der Waals surface area contributed by atoms with Crippen molar-refractivity contribution in [1.82, 2.24) is 4.98 Å². The smallest absolute Gasteiger partial charge is 0.237 e. The molecule has 0 bridgehead atoms. The van der Waals surface area contributed by atoms with Crippen LogP contribution >= 0.6 is 11.3 Å². The van der Waals surface area contributed by atoms with Crippen molar-refractivity contribution in [2.75, 3.05) is 11.4 Å². The molecule has 4 nitrogen and oxygen atoms in total. The Hall–Kier alpha value is -2.66. The molecule has 1 aromatic heterocycles. The van der Waals surface area contributed by atoms with E-state index in [1.54, 1.807) is 0 Å². The molecule has 0 saturated carbocycles. The number of carbonyl (C=O) groups excluding carboxylic acids is 1. The van der Waals surface area contributed by atoms with Gasteiger partial charge in [-0.1, -0.05) is 48.5 Å². The third-order valence-corrected chi connectivity index (χ3v) is 4.04. The van der Waals surface area contributed by atoms with Gasteiger partial charge >= 0.3 is 0 Å². The highest BCUT2D eigenvalue weighted by Crippen LogP contribution is 2.31. The van der Waals surface area contributed by atoms with Gasteiger partial charge < -0.3 is 10.6 Å². The summed E-state index contributed by atoms with van der Waals surface area (Å²) in [6, 6.07) is 19.6. The largest absolute Gasteiger partial charge is 0.368 e. The summed E-state index contributed by atoms with van der Waals surface area (Å²) in [7, 11) is 0. The number of thiazole rings is 1. The lowest BCUT2D eigenvalue weighted by Crippen LogP contribution is -2.30. The molecule has 1 heterocycles. The molecule has 2 N–H and O–H groups in total. The molecule has 22 heavy (non-hydrogen) atoms. The zero-order valence-corrected chi connectivity index (χ0v) is 12.7. The molecule has 0 aliphatic rings. The lowest BCUT2D eigenvalue weighted by atomic mass is 10.2. The number of para-hydroxylation sites is 1. The first kappa shape index (κ1) is 14.3. The second kappa shape index (κ2) is 6.41. The molecular formula is C17H15N3OS. The summed E-state index contributed by atoms with van der Waals surface area (Å²) in [5.41, 5.74) is 8.23. The maximum atomic E-state index is 11.4. The average Bonchev–Trinajstić information content (AvgIpc) is 3.04. The Morgan fingerprint density at radius 1 is 1.05 bits per heavy atom. The van der Waals surface area contributed by atoms with Gasteiger partial charge in [0.25, 0.3) is 0 Å². The topological polar surface area (TPSA) is 59.2 Å². The minimum Gasteiger partial charge on any atom is -0.368 e. The zero-order chi connectivity index (χ0) is 15.4. The van der Waals surface area contributed by atoms with Crippen LogP contribution in [0.25, 0.3) is 11.3 Å². The van der Waals surface area contributed by atoms with Crippen molar-refractivity contribution < 1.29 is 4.79 Å². The summed E-state index contributed by atoms with van der Waals surface area (Å²) in [5, 5.41) is 2.74. The third kappa shape index (κ3) is 3.15. The third-order valence-electron chi connectivity index (χ3n) is 3.17. The fourth-order valence-corrected chi connectivity index (χ4v) is 3.02. The molecule has 0 aliphatic carbocycles. The quantitative estimate of drug-likeness (QED) is 0.785. The molecular weight excluding hydrogens is 294 g/mol. The molecule has 1 amide bonds. The van der Waals surface area contributed by atoms with Crippen molar-refractivity contribution in [3.8, 4) is 11.3 Å². The molecule has 0 spiro atoms. The van der Waals surface area contributed by atoms with Crippen LogP contribution in [-0.2, 0) is 4.79 Å². The van der Waals surface area contributed by atoms with E-state index in [2.05, 4.69) is 4.98 Å². The number of hydrogen-bond donors (Lipinski definition) is 1. The van der Waals surface area contributed by atoms with Gasteiger partial charge in [0.1, 0.15) is 6.54 Å². The maximum absolute atomic E-state index is 11.4. The van der Waals surface area contributed by atoms with Crippen molar-refractivity contribution in [3.05, 3.63) is 66.0 Å². The summed E-state index contributed by atoms with van der Waals surface area (Å²) < 4.78 is 0. The van der Waals surface area contributed by atoms with Crippen LogP contribution in [0.5, 0.6) is 0 Å². The van der Waals surface area contributed by atoms with Gasteiger partial charge in [-0.15, -0.1) is 11.3 Å². The van der Waals surface area contributed by atoms with Crippen LogP contribution in [-0.4, -0.2) is 17.4 Å². The van der Waals surface area contributed by atoms with Crippen molar-refractivity contribution in [3.63, 3.8) is 0 Å². The van der Waals surface area contributed by atoms with Gasteiger partial charge in [-0.3, -0.25) is 4.79 Å². The Labute approximate surface area is 132 Å². The number of nitrogens with zero attached hydrogens (tertiary/aromatic N) is 2. The van der Waals surface area contributed by atoms with E-state index in [0.717, 1.165) is 22.1 Å². The highest BCUT2D eigenvalue weighted by molar-refractivity contribution is 7.14. The maximum Gasteiger partial charge on any atom is 0.237 e. The minimum absolute atomic E-state index is 0.103. The van der Waals surface area contributed by atoms with Crippen molar-refractivity contribution in [2.45, 2.75) is 0 Å². The molecule has 5 heteroatoms. The number of hydrogen-bond acceptors (Lipinski definition) is 4. The van der Waals surface area contributed by atoms with E-state index in [4.69, 9.17) is 5.73 Å². The van der Waals surface area contributed by atoms with E-state index < -0.39 is 0 Å². The van der Waals surface area contributed by atoms with Crippen molar-refractivity contribution in [1.29, 1.82) is 0 Å².